The number of rotatable bonds is 16. The monoisotopic (exact) mass is 435 g/mol. The smallest absolute Gasteiger partial charge is 0.306 e. The van der Waals surface area contributed by atoms with Crippen LogP contribution in [0.15, 0.2) is 35.4 Å². The maximum absolute atomic E-state index is 12.3. The standard InChI is InChI=1S/C20H29N5O6/c1-16(26)24-18(7-8-19(27)31-15-17-5-3-2-4-6-17)20(28)22-9-11-29-13-14-30-12-10-23-25-21/h2-6,18H,7-15H2,1H3,(H,22,28)(H,24,26). The fraction of sp³-hybridized carbons (Fsp3) is 0.550. The number of carbonyl (C=O) groups is 3. The Hall–Kier alpha value is -3.14. The number of ether oxygens (including phenoxy) is 3. The van der Waals surface area contributed by atoms with E-state index in [0.717, 1.165) is 5.56 Å². The molecule has 0 aliphatic heterocycles. The molecule has 0 saturated heterocycles. The molecular weight excluding hydrogens is 406 g/mol. The number of hydrogen-bond donors (Lipinski definition) is 2. The molecular formula is C20H29N5O6. The lowest BCUT2D eigenvalue weighted by Gasteiger charge is -2.17. The van der Waals surface area contributed by atoms with Crippen molar-refractivity contribution in [3.8, 4) is 0 Å². The summed E-state index contributed by atoms with van der Waals surface area (Å²) in [6, 6.07) is 8.42. The van der Waals surface area contributed by atoms with Crippen molar-refractivity contribution in [2.45, 2.75) is 32.4 Å². The Morgan fingerprint density at radius 1 is 1.10 bits per heavy atom. The molecule has 2 amide bonds. The van der Waals surface area contributed by atoms with Gasteiger partial charge in [-0.1, -0.05) is 35.4 Å². The minimum atomic E-state index is -0.842. The van der Waals surface area contributed by atoms with Gasteiger partial charge >= 0.3 is 5.97 Å². The molecule has 1 atom stereocenters. The summed E-state index contributed by atoms with van der Waals surface area (Å²) in [5.41, 5.74) is 8.99. The van der Waals surface area contributed by atoms with Crippen LogP contribution >= 0.6 is 0 Å². The van der Waals surface area contributed by atoms with Crippen LogP contribution in [0.1, 0.15) is 25.3 Å². The predicted octanol–water partition coefficient (Wildman–Crippen LogP) is 1.47. The third-order valence-electron chi connectivity index (χ3n) is 3.89. The van der Waals surface area contributed by atoms with Crippen LogP contribution in [0.2, 0.25) is 0 Å². The number of carbonyl (C=O) groups excluding carboxylic acids is 3. The minimum Gasteiger partial charge on any atom is -0.461 e. The number of benzene rings is 1. The second-order valence-corrected chi connectivity index (χ2v) is 6.41. The van der Waals surface area contributed by atoms with Gasteiger partial charge in [0.15, 0.2) is 0 Å². The Labute approximate surface area is 181 Å². The summed E-state index contributed by atoms with van der Waals surface area (Å²) < 4.78 is 15.7. The van der Waals surface area contributed by atoms with Crippen molar-refractivity contribution < 1.29 is 28.6 Å². The summed E-state index contributed by atoms with van der Waals surface area (Å²) in [5.74, 6) is -1.22. The van der Waals surface area contributed by atoms with Crippen molar-refractivity contribution in [1.29, 1.82) is 0 Å². The van der Waals surface area contributed by atoms with Gasteiger partial charge in [-0.15, -0.1) is 0 Å². The molecule has 170 valence electrons. The topological polar surface area (TPSA) is 152 Å². The summed E-state index contributed by atoms with van der Waals surface area (Å²) in [6.45, 7) is 3.21. The minimum absolute atomic E-state index is 0.00507. The number of amides is 2. The summed E-state index contributed by atoms with van der Waals surface area (Å²) in [5, 5.41) is 8.54. The van der Waals surface area contributed by atoms with Crippen LogP contribution in [0.25, 0.3) is 10.4 Å². The predicted molar refractivity (Wildman–Crippen MR) is 112 cm³/mol. The Kier molecular flexibility index (Phi) is 13.9. The van der Waals surface area contributed by atoms with Crippen molar-refractivity contribution in [3.63, 3.8) is 0 Å². The van der Waals surface area contributed by atoms with E-state index in [1.165, 1.54) is 6.92 Å². The van der Waals surface area contributed by atoms with Crippen LogP contribution in [0.5, 0.6) is 0 Å². The van der Waals surface area contributed by atoms with Gasteiger partial charge in [-0.05, 0) is 17.5 Å². The Morgan fingerprint density at radius 3 is 2.48 bits per heavy atom. The first-order valence-corrected chi connectivity index (χ1v) is 9.93. The van der Waals surface area contributed by atoms with Gasteiger partial charge in [0.25, 0.3) is 0 Å². The van der Waals surface area contributed by atoms with Gasteiger partial charge in [-0.3, -0.25) is 14.4 Å². The number of nitrogens with one attached hydrogen (secondary N) is 2. The van der Waals surface area contributed by atoms with E-state index in [-0.39, 0.29) is 45.1 Å². The average molecular weight is 435 g/mol. The maximum Gasteiger partial charge on any atom is 0.306 e. The molecule has 1 unspecified atom stereocenters. The first-order valence-electron chi connectivity index (χ1n) is 9.93. The van der Waals surface area contributed by atoms with Crippen molar-refractivity contribution in [1.82, 2.24) is 10.6 Å². The Morgan fingerprint density at radius 2 is 1.81 bits per heavy atom. The Balaban J connectivity index is 2.23. The molecule has 0 bridgehead atoms. The van der Waals surface area contributed by atoms with Crippen LogP contribution in [0.3, 0.4) is 0 Å². The third-order valence-corrected chi connectivity index (χ3v) is 3.89. The first-order chi connectivity index (χ1) is 15.0. The number of azide groups is 1. The molecule has 0 saturated carbocycles. The van der Waals surface area contributed by atoms with Crippen molar-refractivity contribution in [2.24, 2.45) is 5.11 Å². The molecule has 1 aromatic rings. The summed E-state index contributed by atoms with van der Waals surface area (Å²) in [6.07, 6.45) is 0.119. The lowest BCUT2D eigenvalue weighted by Crippen LogP contribution is -2.47. The van der Waals surface area contributed by atoms with Crippen LogP contribution in [-0.4, -0.2) is 63.3 Å². The number of esters is 1. The molecule has 0 spiro atoms. The molecule has 11 heteroatoms. The molecule has 0 fully saturated rings. The van der Waals surface area contributed by atoms with Crippen molar-refractivity contribution in [2.75, 3.05) is 39.5 Å². The Bertz CT molecular complexity index is 724. The number of nitrogens with zero attached hydrogens (tertiary/aromatic N) is 3. The first kappa shape index (κ1) is 25.9. The van der Waals surface area contributed by atoms with Gasteiger partial charge in [0.1, 0.15) is 12.6 Å². The summed E-state index contributed by atoms with van der Waals surface area (Å²) >= 11 is 0. The normalized spacial score (nSPS) is 11.1. The fourth-order valence-electron chi connectivity index (χ4n) is 2.43. The third kappa shape index (κ3) is 13.7. The van der Waals surface area contributed by atoms with Crippen LogP contribution in [-0.2, 0) is 35.2 Å². The van der Waals surface area contributed by atoms with E-state index in [1.807, 2.05) is 30.3 Å². The average Bonchev–Trinajstić information content (AvgIpc) is 2.76. The van der Waals surface area contributed by atoms with Crippen LogP contribution < -0.4 is 10.6 Å². The zero-order valence-corrected chi connectivity index (χ0v) is 17.6. The highest BCUT2D eigenvalue weighted by atomic mass is 16.5. The van der Waals surface area contributed by atoms with E-state index in [0.29, 0.717) is 19.8 Å². The molecule has 0 heterocycles. The summed E-state index contributed by atoms with van der Waals surface area (Å²) in [4.78, 5) is 38.3. The molecule has 0 aliphatic carbocycles. The van der Waals surface area contributed by atoms with Gasteiger partial charge in [0.2, 0.25) is 11.8 Å². The molecule has 2 N–H and O–H groups in total. The van der Waals surface area contributed by atoms with Crippen LogP contribution in [0, 0.1) is 0 Å². The largest absolute Gasteiger partial charge is 0.461 e. The highest BCUT2D eigenvalue weighted by molar-refractivity contribution is 5.87. The van der Waals surface area contributed by atoms with E-state index < -0.39 is 17.9 Å². The molecule has 0 aromatic heterocycles. The molecule has 31 heavy (non-hydrogen) atoms. The van der Waals surface area contributed by atoms with Gasteiger partial charge in [0.05, 0.1) is 26.4 Å². The fourth-order valence-corrected chi connectivity index (χ4v) is 2.43. The molecule has 0 radical (unpaired) electrons. The van der Waals surface area contributed by atoms with Crippen molar-refractivity contribution >= 4 is 17.8 Å². The van der Waals surface area contributed by atoms with E-state index in [1.54, 1.807) is 0 Å². The van der Waals surface area contributed by atoms with E-state index in [2.05, 4.69) is 20.7 Å². The van der Waals surface area contributed by atoms with Gasteiger partial charge < -0.3 is 24.8 Å². The van der Waals surface area contributed by atoms with Gasteiger partial charge in [0, 0.05) is 31.3 Å². The molecule has 1 aromatic carbocycles. The summed E-state index contributed by atoms with van der Waals surface area (Å²) in [7, 11) is 0. The van der Waals surface area contributed by atoms with E-state index in [9.17, 15) is 14.4 Å². The molecule has 0 aliphatic rings. The quantitative estimate of drug-likeness (QED) is 0.132. The lowest BCUT2D eigenvalue weighted by molar-refractivity contribution is -0.145. The number of hydrogen-bond acceptors (Lipinski definition) is 7. The van der Waals surface area contributed by atoms with E-state index in [4.69, 9.17) is 19.7 Å². The SMILES string of the molecule is CC(=O)NC(CCC(=O)OCc1ccccc1)C(=O)NCCOCCOCCN=[N+]=[N-]. The van der Waals surface area contributed by atoms with Gasteiger partial charge in [-0.25, -0.2) is 0 Å². The zero-order valence-electron chi connectivity index (χ0n) is 17.6. The zero-order chi connectivity index (χ0) is 22.7. The molecule has 1 rings (SSSR count). The second-order valence-electron chi connectivity index (χ2n) is 6.41. The van der Waals surface area contributed by atoms with Gasteiger partial charge in [-0.2, -0.15) is 0 Å². The maximum atomic E-state index is 12.3. The lowest BCUT2D eigenvalue weighted by atomic mass is 10.1. The van der Waals surface area contributed by atoms with Crippen LogP contribution in [0.4, 0.5) is 0 Å². The highest BCUT2D eigenvalue weighted by Gasteiger charge is 2.20. The highest BCUT2D eigenvalue weighted by Crippen LogP contribution is 2.05. The van der Waals surface area contributed by atoms with E-state index >= 15 is 0 Å². The second kappa shape index (κ2) is 16.6. The van der Waals surface area contributed by atoms with Crippen molar-refractivity contribution in [3.05, 3.63) is 46.3 Å². The molecule has 11 nitrogen and oxygen atoms in total.